The number of hydrogen-bond donors (Lipinski definition) is 1. The molecule has 1 N–H and O–H groups in total. The van der Waals surface area contributed by atoms with Crippen LogP contribution in [0, 0.1) is 13.8 Å². The number of phenolic OH excluding ortho intramolecular Hbond substituents is 1. The normalized spacial score (nSPS) is 17.6. The van der Waals surface area contributed by atoms with Crippen LogP contribution in [-0.4, -0.2) is 26.8 Å². The molecule has 19 heavy (non-hydrogen) atoms. The molecule has 0 bridgehead atoms. The van der Waals surface area contributed by atoms with Crippen LogP contribution in [0.3, 0.4) is 0 Å². The van der Waals surface area contributed by atoms with Crippen LogP contribution in [-0.2, 0) is 4.79 Å². The third-order valence-corrected chi connectivity index (χ3v) is 4.38. The zero-order valence-electron chi connectivity index (χ0n) is 11.1. The number of carbonyl (C=O) groups excluding carboxylic acids is 1. The number of hydrogen-bond acceptors (Lipinski definition) is 4. The zero-order valence-corrected chi connectivity index (χ0v) is 12.7. The molecule has 0 spiro atoms. The van der Waals surface area contributed by atoms with Crippen LogP contribution in [0.2, 0.25) is 0 Å². The van der Waals surface area contributed by atoms with Crippen molar-refractivity contribution in [3.8, 4) is 5.75 Å². The SMILES string of the molecule is CCN1C(=O)C(=Cc2cc(C)c(O)c(C)c2)SC1=S. The number of amides is 1. The molecule has 5 heteroatoms. The molecule has 3 nitrogen and oxygen atoms in total. The molecule has 1 aromatic carbocycles. The van der Waals surface area contributed by atoms with Crippen molar-refractivity contribution in [2.75, 3.05) is 6.54 Å². The molecular formula is C14H15NO2S2. The Hall–Kier alpha value is -1.33. The van der Waals surface area contributed by atoms with Crippen molar-refractivity contribution in [3.63, 3.8) is 0 Å². The fourth-order valence-corrected chi connectivity index (χ4v) is 3.38. The fraction of sp³-hybridized carbons (Fsp3) is 0.286. The minimum atomic E-state index is -0.0409. The second kappa shape index (κ2) is 5.35. The first-order chi connectivity index (χ1) is 8.93. The van der Waals surface area contributed by atoms with Gasteiger partial charge in [0.15, 0.2) is 0 Å². The molecule has 1 heterocycles. The van der Waals surface area contributed by atoms with Crippen molar-refractivity contribution in [2.24, 2.45) is 0 Å². The number of aryl methyl sites for hydroxylation is 2. The molecule has 1 saturated heterocycles. The Kier molecular flexibility index (Phi) is 3.96. The molecule has 1 aliphatic heterocycles. The fourth-order valence-electron chi connectivity index (χ4n) is 2.00. The quantitative estimate of drug-likeness (QED) is 0.671. The minimum absolute atomic E-state index is 0.0409. The minimum Gasteiger partial charge on any atom is -0.507 e. The molecule has 100 valence electrons. The highest BCUT2D eigenvalue weighted by Crippen LogP contribution is 2.33. The van der Waals surface area contributed by atoms with Crippen LogP contribution in [0.4, 0.5) is 0 Å². The van der Waals surface area contributed by atoms with Gasteiger partial charge in [0.2, 0.25) is 0 Å². The molecular weight excluding hydrogens is 278 g/mol. The van der Waals surface area contributed by atoms with E-state index < -0.39 is 0 Å². The second-order valence-corrected chi connectivity index (χ2v) is 6.11. The molecule has 1 aliphatic rings. The van der Waals surface area contributed by atoms with Crippen molar-refractivity contribution in [1.29, 1.82) is 0 Å². The van der Waals surface area contributed by atoms with E-state index in [1.807, 2.05) is 39.0 Å². The molecule has 0 saturated carbocycles. The maximum Gasteiger partial charge on any atom is 0.266 e. The predicted octanol–water partition coefficient (Wildman–Crippen LogP) is 3.23. The highest BCUT2D eigenvalue weighted by molar-refractivity contribution is 8.26. The summed E-state index contributed by atoms with van der Waals surface area (Å²) in [6, 6.07) is 3.72. The predicted molar refractivity (Wildman–Crippen MR) is 83.1 cm³/mol. The van der Waals surface area contributed by atoms with Crippen molar-refractivity contribution >= 4 is 40.3 Å². The zero-order chi connectivity index (χ0) is 14.2. The van der Waals surface area contributed by atoms with Gasteiger partial charge in [-0.2, -0.15) is 0 Å². The topological polar surface area (TPSA) is 40.5 Å². The van der Waals surface area contributed by atoms with Gasteiger partial charge in [-0.15, -0.1) is 0 Å². The van der Waals surface area contributed by atoms with E-state index in [0.29, 0.717) is 21.5 Å². The number of aromatic hydroxyl groups is 1. The number of phenols is 1. The Morgan fingerprint density at radius 1 is 1.37 bits per heavy atom. The van der Waals surface area contributed by atoms with Crippen molar-refractivity contribution in [1.82, 2.24) is 4.90 Å². The molecule has 0 aliphatic carbocycles. The van der Waals surface area contributed by atoms with E-state index in [9.17, 15) is 9.90 Å². The lowest BCUT2D eigenvalue weighted by molar-refractivity contribution is -0.121. The average Bonchev–Trinajstić information content (AvgIpc) is 2.61. The Balaban J connectivity index is 2.38. The molecule has 0 radical (unpaired) electrons. The lowest BCUT2D eigenvalue weighted by Gasteiger charge is -2.09. The van der Waals surface area contributed by atoms with Crippen molar-refractivity contribution in [3.05, 3.63) is 33.7 Å². The van der Waals surface area contributed by atoms with Gasteiger partial charge < -0.3 is 5.11 Å². The summed E-state index contributed by atoms with van der Waals surface area (Å²) < 4.78 is 0.603. The number of thiocarbonyl (C=S) groups is 1. The van der Waals surface area contributed by atoms with E-state index in [1.54, 1.807) is 4.90 Å². The van der Waals surface area contributed by atoms with Crippen molar-refractivity contribution < 1.29 is 9.90 Å². The van der Waals surface area contributed by atoms with E-state index in [0.717, 1.165) is 16.7 Å². The smallest absolute Gasteiger partial charge is 0.266 e. The lowest BCUT2D eigenvalue weighted by atomic mass is 10.1. The average molecular weight is 293 g/mol. The molecule has 0 aromatic heterocycles. The van der Waals surface area contributed by atoms with Crippen LogP contribution >= 0.6 is 24.0 Å². The van der Waals surface area contributed by atoms with Gasteiger partial charge >= 0.3 is 0 Å². The van der Waals surface area contributed by atoms with E-state index in [4.69, 9.17) is 12.2 Å². The second-order valence-electron chi connectivity index (χ2n) is 4.43. The molecule has 1 aromatic rings. The van der Waals surface area contributed by atoms with Gasteiger partial charge in [0.05, 0.1) is 4.91 Å². The summed E-state index contributed by atoms with van der Waals surface area (Å²) in [5.41, 5.74) is 2.51. The summed E-state index contributed by atoms with van der Waals surface area (Å²) in [5, 5.41) is 9.74. The number of nitrogens with zero attached hydrogens (tertiary/aromatic N) is 1. The number of thioether (sulfide) groups is 1. The highest BCUT2D eigenvalue weighted by atomic mass is 32.2. The Labute approximate surface area is 122 Å². The summed E-state index contributed by atoms with van der Waals surface area (Å²) in [5.74, 6) is 0.263. The standard InChI is InChI=1S/C14H15NO2S2/c1-4-15-13(17)11(19-14(15)18)7-10-5-8(2)12(16)9(3)6-10/h5-7,16H,4H2,1-3H3. The third-order valence-electron chi connectivity index (χ3n) is 3.00. The van der Waals surface area contributed by atoms with Crippen LogP contribution < -0.4 is 0 Å². The number of likely N-dealkylation sites (N-methyl/N-ethyl adjacent to an activating group) is 1. The van der Waals surface area contributed by atoms with Crippen LogP contribution in [0.25, 0.3) is 6.08 Å². The van der Waals surface area contributed by atoms with Gasteiger partial charge in [0.1, 0.15) is 10.1 Å². The van der Waals surface area contributed by atoms with Gasteiger partial charge in [0, 0.05) is 6.54 Å². The molecule has 0 atom stereocenters. The number of carbonyl (C=O) groups is 1. The van der Waals surface area contributed by atoms with Crippen molar-refractivity contribution in [2.45, 2.75) is 20.8 Å². The first kappa shape index (κ1) is 14.1. The van der Waals surface area contributed by atoms with E-state index in [2.05, 4.69) is 0 Å². The molecule has 0 unspecified atom stereocenters. The monoisotopic (exact) mass is 293 g/mol. The number of rotatable bonds is 2. The van der Waals surface area contributed by atoms with E-state index >= 15 is 0 Å². The molecule has 1 fully saturated rings. The largest absolute Gasteiger partial charge is 0.507 e. The summed E-state index contributed by atoms with van der Waals surface area (Å²) in [6.07, 6.45) is 1.83. The lowest BCUT2D eigenvalue weighted by Crippen LogP contribution is -2.27. The van der Waals surface area contributed by atoms with Crippen LogP contribution in [0.5, 0.6) is 5.75 Å². The van der Waals surface area contributed by atoms with E-state index in [1.165, 1.54) is 11.8 Å². The third kappa shape index (κ3) is 2.67. The molecule has 1 amide bonds. The maximum atomic E-state index is 12.1. The summed E-state index contributed by atoms with van der Waals surface area (Å²) in [4.78, 5) is 14.3. The summed E-state index contributed by atoms with van der Waals surface area (Å²) in [7, 11) is 0. The Bertz CT molecular complexity index is 570. The summed E-state index contributed by atoms with van der Waals surface area (Å²) >= 11 is 6.49. The summed E-state index contributed by atoms with van der Waals surface area (Å²) in [6.45, 7) is 6.19. The van der Waals surface area contributed by atoms with Gasteiger partial charge in [-0.05, 0) is 55.7 Å². The maximum absolute atomic E-state index is 12.1. The molecule has 2 rings (SSSR count). The number of benzene rings is 1. The highest BCUT2D eigenvalue weighted by Gasteiger charge is 2.30. The van der Waals surface area contributed by atoms with Crippen LogP contribution in [0.15, 0.2) is 17.0 Å². The van der Waals surface area contributed by atoms with E-state index in [-0.39, 0.29) is 5.91 Å². The van der Waals surface area contributed by atoms with Gasteiger partial charge in [-0.3, -0.25) is 9.69 Å². The first-order valence-electron chi connectivity index (χ1n) is 5.99. The Morgan fingerprint density at radius 2 is 1.95 bits per heavy atom. The van der Waals surface area contributed by atoms with Gasteiger partial charge in [0.25, 0.3) is 5.91 Å². The van der Waals surface area contributed by atoms with Gasteiger partial charge in [-0.25, -0.2) is 0 Å². The first-order valence-corrected chi connectivity index (χ1v) is 7.22. The Morgan fingerprint density at radius 3 is 2.42 bits per heavy atom. The van der Waals surface area contributed by atoms with Gasteiger partial charge in [-0.1, -0.05) is 24.0 Å². The van der Waals surface area contributed by atoms with Crippen LogP contribution in [0.1, 0.15) is 23.6 Å².